The van der Waals surface area contributed by atoms with Crippen LogP contribution in [0, 0.1) is 0 Å². The van der Waals surface area contributed by atoms with Gasteiger partial charge in [-0.25, -0.2) is 9.67 Å². The maximum atomic E-state index is 5.30. The van der Waals surface area contributed by atoms with Crippen LogP contribution in [0.25, 0.3) is 16.7 Å². The zero-order valence-electron chi connectivity index (χ0n) is 16.2. The molecule has 0 radical (unpaired) electrons. The predicted octanol–water partition coefficient (Wildman–Crippen LogP) is 4.42. The van der Waals surface area contributed by atoms with Gasteiger partial charge in [0.05, 0.1) is 30.4 Å². The number of imidazole rings is 1. The lowest BCUT2D eigenvalue weighted by atomic mass is 10.2. The van der Waals surface area contributed by atoms with E-state index < -0.39 is 0 Å². The maximum absolute atomic E-state index is 5.30. The molecule has 5 rings (SSSR count). The summed E-state index contributed by atoms with van der Waals surface area (Å²) >= 11 is 3.28. The van der Waals surface area contributed by atoms with Crippen molar-refractivity contribution in [3.8, 4) is 11.4 Å². The highest BCUT2D eigenvalue weighted by molar-refractivity contribution is 7.98. The lowest BCUT2D eigenvalue weighted by molar-refractivity contribution is 0.414. The number of ether oxygens (including phenoxy) is 1. The molecule has 0 fully saturated rings. The number of thioether (sulfide) groups is 1. The number of hydrogen-bond donors (Lipinski definition) is 0. The number of fused-ring (bicyclic) bond motifs is 1. The molecule has 0 saturated heterocycles. The molecule has 3 aromatic heterocycles. The SMILES string of the molecule is COc1ccc(-n2c(CSc3nnnn3Cc3cccs3)nc3ccccc32)cc1. The van der Waals surface area contributed by atoms with Crippen LogP contribution in [0.3, 0.4) is 0 Å². The van der Waals surface area contributed by atoms with Crippen molar-refractivity contribution in [1.29, 1.82) is 0 Å². The fraction of sp³-hybridized carbons (Fsp3) is 0.143. The van der Waals surface area contributed by atoms with E-state index in [1.54, 1.807) is 30.2 Å². The minimum atomic E-state index is 0.644. The van der Waals surface area contributed by atoms with Crippen molar-refractivity contribution < 1.29 is 4.74 Å². The van der Waals surface area contributed by atoms with Crippen LogP contribution < -0.4 is 4.74 Å². The maximum Gasteiger partial charge on any atom is 0.210 e. The summed E-state index contributed by atoms with van der Waals surface area (Å²) in [5, 5.41) is 15.0. The fourth-order valence-corrected chi connectivity index (χ4v) is 4.75. The van der Waals surface area contributed by atoms with E-state index in [4.69, 9.17) is 9.72 Å². The third-order valence-corrected chi connectivity index (χ3v) is 6.49. The van der Waals surface area contributed by atoms with Crippen LogP contribution in [0.15, 0.2) is 71.2 Å². The third kappa shape index (κ3) is 3.69. The van der Waals surface area contributed by atoms with Crippen LogP contribution in [-0.2, 0) is 12.3 Å². The molecule has 0 atom stereocenters. The van der Waals surface area contributed by atoms with Crippen molar-refractivity contribution in [3.05, 3.63) is 76.7 Å². The Morgan fingerprint density at radius 1 is 1.03 bits per heavy atom. The first-order valence-electron chi connectivity index (χ1n) is 9.34. The van der Waals surface area contributed by atoms with Crippen LogP contribution in [0.2, 0.25) is 0 Å². The van der Waals surface area contributed by atoms with Crippen LogP contribution in [0.5, 0.6) is 5.75 Å². The zero-order valence-corrected chi connectivity index (χ0v) is 17.8. The molecule has 0 N–H and O–H groups in total. The van der Waals surface area contributed by atoms with Crippen LogP contribution in [-0.4, -0.2) is 36.9 Å². The van der Waals surface area contributed by atoms with Gasteiger partial charge >= 0.3 is 0 Å². The molecular formula is C21H18N6OS2. The quantitative estimate of drug-likeness (QED) is 0.353. The third-order valence-electron chi connectivity index (χ3n) is 4.68. The van der Waals surface area contributed by atoms with Crippen LogP contribution >= 0.6 is 23.1 Å². The molecule has 150 valence electrons. The number of thiophene rings is 1. The highest BCUT2D eigenvalue weighted by Crippen LogP contribution is 2.28. The van der Waals surface area contributed by atoms with Crippen LogP contribution in [0.4, 0.5) is 0 Å². The van der Waals surface area contributed by atoms with Gasteiger partial charge in [0.15, 0.2) is 0 Å². The Labute approximate surface area is 181 Å². The van der Waals surface area contributed by atoms with Crippen molar-refractivity contribution in [2.75, 3.05) is 7.11 Å². The predicted molar refractivity (Wildman–Crippen MR) is 118 cm³/mol. The second kappa shape index (κ2) is 8.29. The molecule has 2 aromatic carbocycles. The average molecular weight is 435 g/mol. The molecule has 30 heavy (non-hydrogen) atoms. The molecule has 0 aliphatic heterocycles. The normalized spacial score (nSPS) is 11.2. The minimum absolute atomic E-state index is 0.644. The molecule has 0 saturated carbocycles. The molecule has 0 aliphatic rings. The molecule has 0 aliphatic carbocycles. The number of rotatable bonds is 7. The van der Waals surface area contributed by atoms with Gasteiger partial charge in [-0.05, 0) is 58.3 Å². The first-order chi connectivity index (χ1) is 14.8. The van der Waals surface area contributed by atoms with Gasteiger partial charge < -0.3 is 4.74 Å². The molecule has 0 amide bonds. The van der Waals surface area contributed by atoms with E-state index in [-0.39, 0.29) is 0 Å². The van der Waals surface area contributed by atoms with Crippen molar-refractivity contribution in [2.24, 2.45) is 0 Å². The van der Waals surface area contributed by atoms with Crippen molar-refractivity contribution in [1.82, 2.24) is 29.8 Å². The van der Waals surface area contributed by atoms with E-state index in [1.807, 2.05) is 53.2 Å². The minimum Gasteiger partial charge on any atom is -0.497 e. The highest BCUT2D eigenvalue weighted by atomic mass is 32.2. The number of methoxy groups -OCH3 is 1. The second-order valence-corrected chi connectivity index (χ2v) is 8.51. The Bertz CT molecular complexity index is 1260. The summed E-state index contributed by atoms with van der Waals surface area (Å²) < 4.78 is 9.31. The van der Waals surface area contributed by atoms with Gasteiger partial charge in [0.25, 0.3) is 0 Å². The van der Waals surface area contributed by atoms with Gasteiger partial charge in [0.1, 0.15) is 11.6 Å². The summed E-state index contributed by atoms with van der Waals surface area (Å²) in [6.45, 7) is 0.669. The smallest absolute Gasteiger partial charge is 0.210 e. The van der Waals surface area contributed by atoms with Gasteiger partial charge in [-0.2, -0.15) is 0 Å². The fourth-order valence-electron chi connectivity index (χ4n) is 3.27. The summed E-state index contributed by atoms with van der Waals surface area (Å²) in [5.41, 5.74) is 3.07. The van der Waals surface area contributed by atoms with Crippen molar-refractivity contribution in [3.63, 3.8) is 0 Å². The van der Waals surface area contributed by atoms with Crippen molar-refractivity contribution in [2.45, 2.75) is 17.5 Å². The van der Waals surface area contributed by atoms with E-state index in [9.17, 15) is 0 Å². The molecule has 3 heterocycles. The van der Waals surface area contributed by atoms with Crippen LogP contribution in [0.1, 0.15) is 10.7 Å². The zero-order chi connectivity index (χ0) is 20.3. The van der Waals surface area contributed by atoms with Gasteiger partial charge in [-0.3, -0.25) is 4.57 Å². The largest absolute Gasteiger partial charge is 0.497 e. The standard InChI is InChI=1S/C21H18N6OS2/c1-28-16-10-8-15(9-11-16)27-19-7-3-2-6-18(19)22-20(27)14-30-21-23-24-25-26(21)13-17-5-4-12-29-17/h2-12H,13-14H2,1H3. The lowest BCUT2D eigenvalue weighted by Crippen LogP contribution is -2.04. The Kier molecular flexibility index (Phi) is 5.20. The summed E-state index contributed by atoms with van der Waals surface area (Å²) in [4.78, 5) is 6.09. The number of hydrogen-bond acceptors (Lipinski definition) is 7. The van der Waals surface area contributed by atoms with E-state index >= 15 is 0 Å². The molecule has 0 spiro atoms. The Morgan fingerprint density at radius 3 is 2.70 bits per heavy atom. The Morgan fingerprint density at radius 2 is 1.90 bits per heavy atom. The summed E-state index contributed by atoms with van der Waals surface area (Å²) in [6, 6.07) is 20.3. The van der Waals surface area contributed by atoms with Gasteiger partial charge in [0, 0.05) is 10.6 Å². The Hall–Kier alpha value is -3.17. The van der Waals surface area contributed by atoms with E-state index in [0.717, 1.165) is 33.5 Å². The molecule has 7 nitrogen and oxygen atoms in total. The number of nitrogens with zero attached hydrogens (tertiary/aromatic N) is 6. The van der Waals surface area contributed by atoms with Gasteiger partial charge in [-0.1, -0.05) is 30.0 Å². The second-order valence-electron chi connectivity index (χ2n) is 6.54. The molecule has 5 aromatic rings. The summed E-state index contributed by atoms with van der Waals surface area (Å²) in [6.07, 6.45) is 0. The Balaban J connectivity index is 1.46. The van der Waals surface area contributed by atoms with Crippen molar-refractivity contribution >= 4 is 34.1 Å². The topological polar surface area (TPSA) is 70.7 Å². The number of benzene rings is 2. The molecule has 0 bridgehead atoms. The average Bonchev–Trinajstić information content (AvgIpc) is 3.53. The molecular weight excluding hydrogens is 416 g/mol. The van der Waals surface area contributed by atoms with E-state index in [0.29, 0.717) is 12.3 Å². The summed E-state index contributed by atoms with van der Waals surface area (Å²) in [7, 11) is 1.67. The number of para-hydroxylation sites is 2. The van der Waals surface area contributed by atoms with Gasteiger partial charge in [0.2, 0.25) is 5.16 Å². The number of tetrazole rings is 1. The monoisotopic (exact) mass is 434 g/mol. The lowest BCUT2D eigenvalue weighted by Gasteiger charge is -2.10. The first-order valence-corrected chi connectivity index (χ1v) is 11.2. The van der Waals surface area contributed by atoms with Gasteiger partial charge in [-0.15, -0.1) is 16.4 Å². The first kappa shape index (κ1) is 18.8. The molecule has 0 unspecified atom stereocenters. The van der Waals surface area contributed by atoms with E-state index in [2.05, 4.69) is 37.6 Å². The summed E-state index contributed by atoms with van der Waals surface area (Å²) in [5.74, 6) is 2.41. The molecule has 9 heteroatoms. The highest BCUT2D eigenvalue weighted by Gasteiger charge is 2.15. The van der Waals surface area contributed by atoms with E-state index in [1.165, 1.54) is 4.88 Å². The number of aromatic nitrogens is 6.